The van der Waals surface area contributed by atoms with Crippen LogP contribution in [0.1, 0.15) is 0 Å². The monoisotopic (exact) mass is 104 g/mol. The molecule has 0 bridgehead atoms. The molecule has 1 saturated heterocycles. The van der Waals surface area contributed by atoms with Crippen molar-refractivity contribution in [3.8, 4) is 0 Å². The second-order valence-corrected chi connectivity index (χ2v) is 2.80. The topological polar surface area (TPSA) is 15.3 Å². The molecular formula is C3H9N2P. The molecule has 1 rings (SSSR count). The molecule has 1 atom stereocenters. The van der Waals surface area contributed by atoms with Crippen LogP contribution in [0.4, 0.5) is 0 Å². The molecule has 6 heavy (non-hydrogen) atoms. The Morgan fingerprint density at radius 2 is 2.67 bits per heavy atom. The molecule has 1 aliphatic rings. The Bertz CT molecular complexity index is 42.1. The zero-order valence-corrected chi connectivity index (χ0v) is 4.86. The van der Waals surface area contributed by atoms with Crippen LogP contribution in [0.2, 0.25) is 0 Å². The Morgan fingerprint density at radius 1 is 1.83 bits per heavy atom. The van der Waals surface area contributed by atoms with Gasteiger partial charge < -0.3 is 0 Å². The summed E-state index contributed by atoms with van der Waals surface area (Å²) in [5.74, 6) is 0. The molecule has 0 aliphatic carbocycles. The molecule has 0 radical (unpaired) electrons. The summed E-state index contributed by atoms with van der Waals surface area (Å²) in [6, 6.07) is 0. The number of nitrogens with zero attached hydrogens (tertiary/aromatic N) is 1. The summed E-state index contributed by atoms with van der Waals surface area (Å²) in [5, 5.41) is 3.23. The average molecular weight is 104 g/mol. The fraction of sp³-hybridized carbons (Fsp3) is 1.00. The van der Waals surface area contributed by atoms with Gasteiger partial charge in [-0.15, -0.1) is 0 Å². The van der Waals surface area contributed by atoms with Crippen molar-refractivity contribution < 1.29 is 0 Å². The van der Waals surface area contributed by atoms with E-state index in [-0.39, 0.29) is 0 Å². The van der Waals surface area contributed by atoms with E-state index in [1.807, 2.05) is 0 Å². The number of hydrogen-bond acceptors (Lipinski definition) is 2. The Morgan fingerprint density at radius 3 is 2.83 bits per heavy atom. The number of hydrogen-bond donors (Lipinski definition) is 1. The molecule has 0 aromatic rings. The minimum Gasteiger partial charge on any atom is -0.285 e. The lowest BCUT2D eigenvalue weighted by atomic mass is 10.7. The molecule has 3 heteroatoms. The molecule has 2 nitrogen and oxygen atoms in total. The smallest absolute Gasteiger partial charge is 0.0210 e. The molecule has 1 unspecified atom stereocenters. The SMILES string of the molecule is CN1CCNP1. The van der Waals surface area contributed by atoms with Crippen molar-refractivity contribution in [1.29, 1.82) is 0 Å². The van der Waals surface area contributed by atoms with Crippen LogP contribution >= 0.6 is 8.88 Å². The van der Waals surface area contributed by atoms with E-state index < -0.39 is 0 Å². The second-order valence-electron chi connectivity index (χ2n) is 1.46. The van der Waals surface area contributed by atoms with Crippen molar-refractivity contribution in [2.24, 2.45) is 0 Å². The van der Waals surface area contributed by atoms with E-state index in [1.165, 1.54) is 13.1 Å². The second kappa shape index (κ2) is 1.87. The van der Waals surface area contributed by atoms with E-state index in [0.717, 1.165) is 8.88 Å². The van der Waals surface area contributed by atoms with E-state index in [2.05, 4.69) is 16.8 Å². The van der Waals surface area contributed by atoms with Crippen LogP contribution in [0.25, 0.3) is 0 Å². The van der Waals surface area contributed by atoms with Gasteiger partial charge in [0, 0.05) is 22.0 Å². The van der Waals surface area contributed by atoms with E-state index in [0.29, 0.717) is 0 Å². The van der Waals surface area contributed by atoms with Crippen molar-refractivity contribution in [3.63, 3.8) is 0 Å². The predicted octanol–water partition coefficient (Wildman–Crippen LogP) is 0.0299. The summed E-state index contributed by atoms with van der Waals surface area (Å²) in [7, 11) is 2.99. The minimum atomic E-state index is 0.866. The lowest BCUT2D eigenvalue weighted by Gasteiger charge is -1.99. The van der Waals surface area contributed by atoms with Crippen LogP contribution in [-0.4, -0.2) is 24.8 Å². The van der Waals surface area contributed by atoms with Crippen LogP contribution in [-0.2, 0) is 0 Å². The molecule has 0 aromatic heterocycles. The van der Waals surface area contributed by atoms with Gasteiger partial charge in [0.1, 0.15) is 0 Å². The van der Waals surface area contributed by atoms with Crippen LogP contribution in [0.5, 0.6) is 0 Å². The standard InChI is InChI=1S/C3H9N2P/c1-5-3-2-4-6-5/h4,6H,2-3H2,1H3. The molecule has 0 saturated carbocycles. The van der Waals surface area contributed by atoms with Gasteiger partial charge in [0.05, 0.1) is 0 Å². The van der Waals surface area contributed by atoms with E-state index >= 15 is 0 Å². The summed E-state index contributed by atoms with van der Waals surface area (Å²) in [5.41, 5.74) is 0. The third-order valence-electron chi connectivity index (χ3n) is 0.842. The van der Waals surface area contributed by atoms with Crippen molar-refractivity contribution in [3.05, 3.63) is 0 Å². The highest BCUT2D eigenvalue weighted by molar-refractivity contribution is 7.33. The largest absolute Gasteiger partial charge is 0.285 e. The maximum atomic E-state index is 3.23. The van der Waals surface area contributed by atoms with Gasteiger partial charge in [-0.3, -0.25) is 9.76 Å². The molecule has 0 aromatic carbocycles. The van der Waals surface area contributed by atoms with E-state index in [9.17, 15) is 0 Å². The van der Waals surface area contributed by atoms with Crippen LogP contribution in [0.15, 0.2) is 0 Å². The first-order valence-electron chi connectivity index (χ1n) is 2.09. The molecule has 1 N–H and O–H groups in total. The van der Waals surface area contributed by atoms with Crippen molar-refractivity contribution in [2.75, 3.05) is 20.1 Å². The summed E-state index contributed by atoms with van der Waals surface area (Å²) < 4.78 is 2.28. The molecule has 1 heterocycles. The number of nitrogens with one attached hydrogen (secondary N) is 1. The quantitative estimate of drug-likeness (QED) is 0.436. The molecule has 36 valence electrons. The highest BCUT2D eigenvalue weighted by atomic mass is 31.1. The normalized spacial score (nSPS) is 29.5. The zero-order chi connectivity index (χ0) is 4.41. The molecule has 0 spiro atoms. The first-order chi connectivity index (χ1) is 2.89. The Hall–Kier alpha value is 0.350. The first-order valence-corrected chi connectivity index (χ1v) is 3.04. The van der Waals surface area contributed by atoms with Gasteiger partial charge in [0.2, 0.25) is 0 Å². The molecule has 1 fully saturated rings. The third-order valence-corrected chi connectivity index (χ3v) is 1.86. The lowest BCUT2D eigenvalue weighted by molar-refractivity contribution is 0.605. The highest BCUT2D eigenvalue weighted by Crippen LogP contribution is 2.12. The predicted molar refractivity (Wildman–Crippen MR) is 28.9 cm³/mol. The zero-order valence-electron chi connectivity index (χ0n) is 3.86. The fourth-order valence-electron chi connectivity index (χ4n) is 0.470. The first kappa shape index (κ1) is 4.51. The van der Waals surface area contributed by atoms with Gasteiger partial charge in [-0.1, -0.05) is 0 Å². The van der Waals surface area contributed by atoms with Crippen molar-refractivity contribution in [2.45, 2.75) is 0 Å². The van der Waals surface area contributed by atoms with Crippen LogP contribution < -0.4 is 5.09 Å². The van der Waals surface area contributed by atoms with Crippen molar-refractivity contribution in [1.82, 2.24) is 9.76 Å². The molecule has 0 amide bonds. The summed E-state index contributed by atoms with van der Waals surface area (Å²) in [6.07, 6.45) is 0. The van der Waals surface area contributed by atoms with Gasteiger partial charge in [0.15, 0.2) is 0 Å². The third kappa shape index (κ3) is 0.904. The molecular weight excluding hydrogens is 95.0 g/mol. The van der Waals surface area contributed by atoms with Crippen molar-refractivity contribution >= 4 is 8.88 Å². The summed E-state index contributed by atoms with van der Waals surface area (Å²) >= 11 is 0. The Balaban J connectivity index is 2.18. The van der Waals surface area contributed by atoms with Gasteiger partial charge in [0.25, 0.3) is 0 Å². The Labute approximate surface area is 39.8 Å². The number of likely N-dealkylation sites (N-methyl/N-ethyl adjacent to an activating group) is 1. The maximum Gasteiger partial charge on any atom is 0.0210 e. The maximum absolute atomic E-state index is 3.23. The fourth-order valence-corrected chi connectivity index (χ4v) is 1.19. The van der Waals surface area contributed by atoms with Gasteiger partial charge in [-0.2, -0.15) is 0 Å². The summed E-state index contributed by atoms with van der Waals surface area (Å²) in [6.45, 7) is 2.40. The van der Waals surface area contributed by atoms with E-state index in [4.69, 9.17) is 0 Å². The van der Waals surface area contributed by atoms with Gasteiger partial charge >= 0.3 is 0 Å². The highest BCUT2D eigenvalue weighted by Gasteiger charge is 2.01. The van der Waals surface area contributed by atoms with Gasteiger partial charge in [-0.05, 0) is 7.05 Å². The number of rotatable bonds is 0. The molecule has 1 aliphatic heterocycles. The van der Waals surface area contributed by atoms with Gasteiger partial charge in [-0.25, -0.2) is 0 Å². The van der Waals surface area contributed by atoms with Crippen LogP contribution in [0.3, 0.4) is 0 Å². The Kier molecular flexibility index (Phi) is 1.41. The lowest BCUT2D eigenvalue weighted by Crippen LogP contribution is -2.03. The minimum absolute atomic E-state index is 0.866. The van der Waals surface area contributed by atoms with Crippen LogP contribution in [0, 0.1) is 0 Å². The average Bonchev–Trinajstić information content (AvgIpc) is 1.86. The van der Waals surface area contributed by atoms with E-state index in [1.54, 1.807) is 0 Å². The summed E-state index contributed by atoms with van der Waals surface area (Å²) in [4.78, 5) is 0.